The minimum Gasteiger partial charge on any atom is -0.313 e. The van der Waals surface area contributed by atoms with Gasteiger partial charge in [-0.3, -0.25) is 0 Å². The van der Waals surface area contributed by atoms with Crippen LogP contribution in [0.15, 0.2) is 40.9 Å². The van der Waals surface area contributed by atoms with Crippen molar-refractivity contribution in [2.24, 2.45) is 0 Å². The van der Waals surface area contributed by atoms with Crippen LogP contribution in [-0.4, -0.2) is 7.05 Å². The van der Waals surface area contributed by atoms with Crippen LogP contribution in [0.2, 0.25) is 0 Å². The lowest BCUT2D eigenvalue weighted by Crippen LogP contribution is -2.19. The fourth-order valence-corrected chi connectivity index (χ4v) is 2.60. The Hall–Kier alpha value is -1.26. The Morgan fingerprint density at radius 2 is 1.80 bits per heavy atom. The van der Waals surface area contributed by atoms with Crippen LogP contribution in [0.4, 0.5) is 8.78 Å². The molecule has 0 fully saturated rings. The Labute approximate surface area is 126 Å². The number of benzene rings is 2. The molecule has 20 heavy (non-hydrogen) atoms. The van der Waals surface area contributed by atoms with Crippen LogP contribution in [0, 0.1) is 18.6 Å². The predicted molar refractivity (Wildman–Crippen MR) is 80.7 cm³/mol. The molecule has 0 heterocycles. The van der Waals surface area contributed by atoms with Crippen molar-refractivity contribution in [1.82, 2.24) is 5.32 Å². The van der Waals surface area contributed by atoms with E-state index < -0.39 is 0 Å². The Morgan fingerprint density at radius 3 is 2.45 bits per heavy atom. The molecule has 0 aliphatic heterocycles. The molecule has 0 spiro atoms. The van der Waals surface area contributed by atoms with E-state index in [0.29, 0.717) is 17.5 Å². The normalized spacial score (nSPS) is 12.4. The summed E-state index contributed by atoms with van der Waals surface area (Å²) in [7, 11) is 1.82. The molecule has 4 heteroatoms. The highest BCUT2D eigenvalue weighted by molar-refractivity contribution is 9.10. The average molecular weight is 340 g/mol. The number of nitrogens with one attached hydrogen (secondary N) is 1. The summed E-state index contributed by atoms with van der Waals surface area (Å²) in [4.78, 5) is 0. The molecule has 0 bridgehead atoms. The molecule has 1 nitrogen and oxygen atoms in total. The average Bonchev–Trinajstić information content (AvgIpc) is 2.43. The van der Waals surface area contributed by atoms with Crippen LogP contribution >= 0.6 is 15.9 Å². The molecule has 2 aromatic carbocycles. The third-order valence-corrected chi connectivity index (χ3v) is 3.86. The third-order valence-electron chi connectivity index (χ3n) is 3.36. The largest absolute Gasteiger partial charge is 0.313 e. The number of hydrogen-bond acceptors (Lipinski definition) is 1. The topological polar surface area (TPSA) is 12.0 Å². The number of rotatable bonds is 4. The van der Waals surface area contributed by atoms with Crippen molar-refractivity contribution >= 4 is 15.9 Å². The second-order valence-electron chi connectivity index (χ2n) is 4.79. The first kappa shape index (κ1) is 15.1. The highest BCUT2D eigenvalue weighted by Crippen LogP contribution is 2.24. The highest BCUT2D eigenvalue weighted by Gasteiger charge is 2.14. The van der Waals surface area contributed by atoms with Gasteiger partial charge < -0.3 is 5.32 Å². The zero-order valence-corrected chi connectivity index (χ0v) is 13.0. The van der Waals surface area contributed by atoms with Crippen molar-refractivity contribution in [2.75, 3.05) is 7.05 Å². The van der Waals surface area contributed by atoms with Gasteiger partial charge in [0.25, 0.3) is 0 Å². The molecule has 106 valence electrons. The Morgan fingerprint density at radius 1 is 1.10 bits per heavy atom. The highest BCUT2D eigenvalue weighted by atomic mass is 79.9. The Bertz CT molecular complexity index is 613. The quantitative estimate of drug-likeness (QED) is 0.862. The number of hydrogen-bond donors (Lipinski definition) is 1. The third kappa shape index (κ3) is 3.44. The summed E-state index contributed by atoms with van der Waals surface area (Å²) >= 11 is 3.35. The van der Waals surface area contributed by atoms with Gasteiger partial charge in [-0.15, -0.1) is 0 Å². The first-order chi connectivity index (χ1) is 9.51. The maximum Gasteiger partial charge on any atom is 0.126 e. The van der Waals surface area contributed by atoms with E-state index >= 15 is 0 Å². The Balaban J connectivity index is 2.28. The summed E-state index contributed by atoms with van der Waals surface area (Å²) in [6.07, 6.45) is 0.507. The van der Waals surface area contributed by atoms with Crippen molar-refractivity contribution in [3.05, 3.63) is 69.2 Å². The van der Waals surface area contributed by atoms with Gasteiger partial charge in [0.1, 0.15) is 11.6 Å². The van der Waals surface area contributed by atoms with Crippen LogP contribution in [0.1, 0.15) is 22.7 Å². The molecule has 2 aromatic rings. The molecule has 0 saturated carbocycles. The van der Waals surface area contributed by atoms with Gasteiger partial charge in [-0.25, -0.2) is 8.78 Å². The van der Waals surface area contributed by atoms with Crippen LogP contribution < -0.4 is 5.32 Å². The second-order valence-corrected chi connectivity index (χ2v) is 5.71. The van der Waals surface area contributed by atoms with Gasteiger partial charge in [-0.1, -0.05) is 28.1 Å². The van der Waals surface area contributed by atoms with E-state index in [4.69, 9.17) is 0 Å². The van der Waals surface area contributed by atoms with E-state index in [9.17, 15) is 8.78 Å². The van der Waals surface area contributed by atoms with E-state index in [0.717, 1.165) is 10.0 Å². The van der Waals surface area contributed by atoms with Gasteiger partial charge in [0.15, 0.2) is 0 Å². The van der Waals surface area contributed by atoms with Crippen molar-refractivity contribution < 1.29 is 8.78 Å². The number of halogens is 3. The van der Waals surface area contributed by atoms with E-state index in [2.05, 4.69) is 21.2 Å². The minimum atomic E-state index is -0.229. The summed E-state index contributed by atoms with van der Waals surface area (Å²) in [5.41, 5.74) is 2.17. The Kier molecular flexibility index (Phi) is 4.89. The van der Waals surface area contributed by atoms with Gasteiger partial charge in [0.2, 0.25) is 0 Å². The summed E-state index contributed by atoms with van der Waals surface area (Å²) in [5, 5.41) is 3.16. The molecule has 0 aromatic heterocycles. The fourth-order valence-electron chi connectivity index (χ4n) is 2.19. The van der Waals surface area contributed by atoms with E-state index in [1.165, 1.54) is 12.1 Å². The van der Waals surface area contributed by atoms with Crippen LogP contribution in [0.25, 0.3) is 0 Å². The summed E-state index contributed by atoms with van der Waals surface area (Å²) < 4.78 is 28.0. The van der Waals surface area contributed by atoms with E-state index in [1.54, 1.807) is 31.2 Å². The molecule has 0 saturated heterocycles. The molecule has 0 radical (unpaired) electrons. The van der Waals surface area contributed by atoms with Crippen molar-refractivity contribution in [3.63, 3.8) is 0 Å². The molecule has 0 aliphatic rings. The summed E-state index contributed by atoms with van der Waals surface area (Å²) in [6.45, 7) is 1.73. The zero-order chi connectivity index (χ0) is 14.7. The molecule has 1 atom stereocenters. The van der Waals surface area contributed by atoms with Gasteiger partial charge in [-0.05, 0) is 61.3 Å². The summed E-state index contributed by atoms with van der Waals surface area (Å²) in [5.74, 6) is -0.454. The zero-order valence-electron chi connectivity index (χ0n) is 11.4. The maximum absolute atomic E-state index is 13.8. The molecular formula is C16H16BrF2N. The fraction of sp³-hybridized carbons (Fsp3) is 0.250. The SMILES string of the molecule is CNC(Cc1cc(Br)ccc1F)c1ccc(F)c(C)c1. The lowest BCUT2D eigenvalue weighted by atomic mass is 9.97. The first-order valence-electron chi connectivity index (χ1n) is 6.38. The second kappa shape index (κ2) is 6.46. The van der Waals surface area contributed by atoms with Gasteiger partial charge in [0, 0.05) is 10.5 Å². The minimum absolute atomic E-state index is 0.0573. The molecule has 1 N–H and O–H groups in total. The van der Waals surface area contributed by atoms with Crippen LogP contribution in [0.3, 0.4) is 0 Å². The van der Waals surface area contributed by atoms with E-state index in [1.807, 2.05) is 7.05 Å². The molecular weight excluding hydrogens is 324 g/mol. The molecule has 0 amide bonds. The summed E-state index contributed by atoms with van der Waals surface area (Å²) in [6, 6.07) is 9.82. The lowest BCUT2D eigenvalue weighted by molar-refractivity contribution is 0.551. The lowest BCUT2D eigenvalue weighted by Gasteiger charge is -2.18. The van der Waals surface area contributed by atoms with Crippen LogP contribution in [-0.2, 0) is 6.42 Å². The van der Waals surface area contributed by atoms with Crippen molar-refractivity contribution in [1.29, 1.82) is 0 Å². The van der Waals surface area contributed by atoms with Crippen LogP contribution in [0.5, 0.6) is 0 Å². The predicted octanol–water partition coefficient (Wildman–Crippen LogP) is 4.54. The van der Waals surface area contributed by atoms with Gasteiger partial charge >= 0.3 is 0 Å². The first-order valence-corrected chi connectivity index (χ1v) is 7.18. The van der Waals surface area contributed by atoms with Gasteiger partial charge in [-0.2, -0.15) is 0 Å². The monoisotopic (exact) mass is 339 g/mol. The smallest absolute Gasteiger partial charge is 0.126 e. The number of likely N-dealkylation sites (N-methyl/N-ethyl adjacent to an activating group) is 1. The van der Waals surface area contributed by atoms with Crippen molar-refractivity contribution in [2.45, 2.75) is 19.4 Å². The van der Waals surface area contributed by atoms with Crippen molar-refractivity contribution in [3.8, 4) is 0 Å². The maximum atomic E-state index is 13.8. The standard InChI is InChI=1S/C16H16BrF2N/c1-10-7-11(3-5-14(10)18)16(20-2)9-12-8-13(17)4-6-15(12)19/h3-8,16,20H,9H2,1-2H3. The molecule has 2 rings (SSSR count). The molecule has 1 unspecified atom stereocenters. The molecule has 0 aliphatic carbocycles. The van der Waals surface area contributed by atoms with Gasteiger partial charge in [0.05, 0.1) is 0 Å². The van der Waals surface area contributed by atoms with E-state index in [-0.39, 0.29) is 17.7 Å². The number of aryl methyl sites for hydroxylation is 1.